The fourth-order valence-electron chi connectivity index (χ4n) is 2.89. The molecule has 0 bridgehead atoms. The molecule has 0 atom stereocenters. The summed E-state index contributed by atoms with van der Waals surface area (Å²) in [4.78, 5) is 4.78. The predicted octanol–water partition coefficient (Wildman–Crippen LogP) is 6.45. The lowest BCUT2D eigenvalue weighted by molar-refractivity contribution is 1.38. The van der Waals surface area contributed by atoms with Crippen LogP contribution in [-0.4, -0.2) is 4.98 Å². The quantitative estimate of drug-likeness (QED) is 0.296. The Bertz CT molecular complexity index is 1030. The summed E-state index contributed by atoms with van der Waals surface area (Å²) in [5.41, 5.74) is 4.47. The van der Waals surface area contributed by atoms with Crippen LogP contribution in [0.2, 0.25) is 0 Å². The molecular formula is C22H16BrN. The number of hydrogen-bond donors (Lipinski definition) is 0. The lowest BCUT2D eigenvalue weighted by Gasteiger charge is -2.04. The third-order valence-corrected chi connectivity index (χ3v) is 4.85. The van der Waals surface area contributed by atoms with E-state index in [9.17, 15) is 0 Å². The van der Waals surface area contributed by atoms with Crippen molar-refractivity contribution in [1.29, 1.82) is 0 Å². The highest BCUT2D eigenvalue weighted by atomic mass is 79.9. The standard InChI is InChI=1S/C22H16BrN/c23-15-17-7-5-16(6-8-17)9-11-19-12-13-21-20-4-2-1-3-18(20)10-14-22(21)24-19/h1-14H,15H2. The number of aromatic nitrogens is 1. The molecule has 4 rings (SSSR count). The van der Waals surface area contributed by atoms with Crippen molar-refractivity contribution in [3.63, 3.8) is 0 Å². The molecule has 4 aromatic rings. The summed E-state index contributed by atoms with van der Waals surface area (Å²) in [7, 11) is 0. The minimum Gasteiger partial charge on any atom is -0.248 e. The first kappa shape index (κ1) is 15.1. The van der Waals surface area contributed by atoms with Crippen molar-refractivity contribution in [3.05, 3.63) is 89.6 Å². The Balaban J connectivity index is 1.69. The van der Waals surface area contributed by atoms with Crippen molar-refractivity contribution >= 4 is 49.8 Å². The molecule has 0 saturated heterocycles. The van der Waals surface area contributed by atoms with Crippen LogP contribution in [0.15, 0.2) is 72.8 Å². The zero-order valence-corrected chi connectivity index (χ0v) is 14.7. The van der Waals surface area contributed by atoms with Gasteiger partial charge in [0.25, 0.3) is 0 Å². The summed E-state index contributed by atoms with van der Waals surface area (Å²) in [6.45, 7) is 0. The van der Waals surface area contributed by atoms with Crippen molar-refractivity contribution in [3.8, 4) is 0 Å². The minimum atomic E-state index is 0.886. The summed E-state index contributed by atoms with van der Waals surface area (Å²) in [5, 5.41) is 4.59. The van der Waals surface area contributed by atoms with Gasteiger partial charge in [0.2, 0.25) is 0 Å². The highest BCUT2D eigenvalue weighted by Gasteiger charge is 2.01. The second-order valence-corrected chi connectivity index (χ2v) is 6.36. The second-order valence-electron chi connectivity index (χ2n) is 5.80. The molecule has 0 unspecified atom stereocenters. The van der Waals surface area contributed by atoms with Gasteiger partial charge in [0, 0.05) is 10.7 Å². The molecule has 1 aromatic heterocycles. The van der Waals surface area contributed by atoms with E-state index in [2.05, 4.69) is 101 Å². The van der Waals surface area contributed by atoms with E-state index in [-0.39, 0.29) is 0 Å². The number of rotatable bonds is 3. The Labute approximate surface area is 149 Å². The summed E-state index contributed by atoms with van der Waals surface area (Å²) in [6.07, 6.45) is 4.17. The number of alkyl halides is 1. The van der Waals surface area contributed by atoms with E-state index in [1.54, 1.807) is 0 Å². The second kappa shape index (κ2) is 6.58. The third-order valence-electron chi connectivity index (χ3n) is 4.20. The van der Waals surface area contributed by atoms with Gasteiger partial charge < -0.3 is 0 Å². The first-order valence-corrected chi connectivity index (χ1v) is 9.07. The van der Waals surface area contributed by atoms with Gasteiger partial charge in [-0.3, -0.25) is 0 Å². The van der Waals surface area contributed by atoms with Gasteiger partial charge in [-0.15, -0.1) is 0 Å². The molecule has 0 amide bonds. The zero-order chi connectivity index (χ0) is 16.4. The van der Waals surface area contributed by atoms with Crippen LogP contribution < -0.4 is 0 Å². The topological polar surface area (TPSA) is 12.9 Å². The van der Waals surface area contributed by atoms with Gasteiger partial charge in [-0.25, -0.2) is 4.98 Å². The van der Waals surface area contributed by atoms with Crippen molar-refractivity contribution in [2.75, 3.05) is 0 Å². The smallest absolute Gasteiger partial charge is 0.0715 e. The summed E-state index contributed by atoms with van der Waals surface area (Å²) < 4.78 is 0. The van der Waals surface area contributed by atoms with Crippen LogP contribution in [0, 0.1) is 0 Å². The van der Waals surface area contributed by atoms with Crippen molar-refractivity contribution in [2.24, 2.45) is 0 Å². The Morgan fingerprint density at radius 3 is 2.42 bits per heavy atom. The summed E-state index contributed by atoms with van der Waals surface area (Å²) >= 11 is 3.47. The van der Waals surface area contributed by atoms with Crippen LogP contribution >= 0.6 is 15.9 Å². The molecule has 0 saturated carbocycles. The molecule has 0 aliphatic rings. The first-order valence-electron chi connectivity index (χ1n) is 7.95. The Morgan fingerprint density at radius 2 is 1.58 bits per heavy atom. The molecule has 24 heavy (non-hydrogen) atoms. The van der Waals surface area contributed by atoms with Gasteiger partial charge in [0.1, 0.15) is 0 Å². The Kier molecular flexibility index (Phi) is 4.14. The lowest BCUT2D eigenvalue weighted by atomic mass is 10.0. The highest BCUT2D eigenvalue weighted by molar-refractivity contribution is 9.08. The van der Waals surface area contributed by atoms with E-state index in [0.717, 1.165) is 16.5 Å². The molecule has 0 aliphatic carbocycles. The van der Waals surface area contributed by atoms with Gasteiger partial charge in [0.05, 0.1) is 11.2 Å². The zero-order valence-electron chi connectivity index (χ0n) is 13.1. The van der Waals surface area contributed by atoms with Crippen LogP contribution in [0.25, 0.3) is 33.8 Å². The highest BCUT2D eigenvalue weighted by Crippen LogP contribution is 2.24. The van der Waals surface area contributed by atoms with E-state index < -0.39 is 0 Å². The maximum atomic E-state index is 4.78. The first-order chi connectivity index (χ1) is 11.8. The maximum absolute atomic E-state index is 4.78. The van der Waals surface area contributed by atoms with Gasteiger partial charge in [-0.05, 0) is 40.1 Å². The van der Waals surface area contributed by atoms with Crippen LogP contribution in [0.5, 0.6) is 0 Å². The van der Waals surface area contributed by atoms with Crippen LogP contribution in [0.1, 0.15) is 16.8 Å². The molecule has 1 nitrogen and oxygen atoms in total. The fourth-order valence-corrected chi connectivity index (χ4v) is 3.27. The average molecular weight is 374 g/mol. The molecule has 0 fully saturated rings. The minimum absolute atomic E-state index is 0.886. The fraction of sp³-hybridized carbons (Fsp3) is 0.0455. The van der Waals surface area contributed by atoms with Gasteiger partial charge >= 0.3 is 0 Å². The van der Waals surface area contributed by atoms with E-state index in [1.807, 2.05) is 0 Å². The molecule has 116 valence electrons. The Morgan fingerprint density at radius 1 is 0.750 bits per heavy atom. The summed E-state index contributed by atoms with van der Waals surface area (Å²) in [5.74, 6) is 0. The van der Waals surface area contributed by atoms with Crippen LogP contribution in [-0.2, 0) is 5.33 Å². The van der Waals surface area contributed by atoms with E-state index in [4.69, 9.17) is 4.98 Å². The molecule has 0 N–H and O–H groups in total. The largest absolute Gasteiger partial charge is 0.248 e. The molecule has 1 heterocycles. The molecule has 0 spiro atoms. The van der Waals surface area contributed by atoms with Gasteiger partial charge in [-0.1, -0.05) is 82.7 Å². The van der Waals surface area contributed by atoms with E-state index in [1.165, 1.54) is 27.3 Å². The van der Waals surface area contributed by atoms with Crippen LogP contribution in [0.3, 0.4) is 0 Å². The monoisotopic (exact) mass is 373 g/mol. The predicted molar refractivity (Wildman–Crippen MR) is 107 cm³/mol. The number of fused-ring (bicyclic) bond motifs is 3. The normalized spacial score (nSPS) is 11.5. The third kappa shape index (κ3) is 2.98. The number of pyridine rings is 1. The van der Waals surface area contributed by atoms with Crippen molar-refractivity contribution < 1.29 is 0 Å². The van der Waals surface area contributed by atoms with Crippen molar-refractivity contribution in [1.82, 2.24) is 4.98 Å². The maximum Gasteiger partial charge on any atom is 0.0715 e. The number of hydrogen-bond acceptors (Lipinski definition) is 1. The van der Waals surface area contributed by atoms with Gasteiger partial charge in [0.15, 0.2) is 0 Å². The lowest BCUT2D eigenvalue weighted by Crippen LogP contribution is -1.85. The molecular weight excluding hydrogens is 358 g/mol. The average Bonchev–Trinajstić information content (AvgIpc) is 2.66. The number of halogens is 1. The van der Waals surface area contributed by atoms with E-state index in [0.29, 0.717) is 0 Å². The Hall–Kier alpha value is -2.45. The molecule has 3 aromatic carbocycles. The SMILES string of the molecule is BrCc1ccc(C=Cc2ccc3c(ccc4ccccc43)n2)cc1. The number of benzene rings is 3. The van der Waals surface area contributed by atoms with Gasteiger partial charge in [-0.2, -0.15) is 0 Å². The number of nitrogens with zero attached hydrogens (tertiary/aromatic N) is 1. The summed E-state index contributed by atoms with van der Waals surface area (Å²) in [6, 6.07) is 25.4. The van der Waals surface area contributed by atoms with Crippen LogP contribution in [0.4, 0.5) is 0 Å². The van der Waals surface area contributed by atoms with Crippen molar-refractivity contribution in [2.45, 2.75) is 5.33 Å². The molecule has 0 aliphatic heterocycles. The van der Waals surface area contributed by atoms with E-state index >= 15 is 0 Å². The molecule has 2 heteroatoms. The molecule has 0 radical (unpaired) electrons.